The van der Waals surface area contributed by atoms with Crippen molar-refractivity contribution in [2.75, 3.05) is 70.2 Å². The van der Waals surface area contributed by atoms with Gasteiger partial charge < -0.3 is 19.9 Å². The van der Waals surface area contributed by atoms with Crippen molar-refractivity contribution in [3.8, 4) is 0 Å². The number of halogens is 2. The highest BCUT2D eigenvalue weighted by Gasteiger charge is 2.32. The summed E-state index contributed by atoms with van der Waals surface area (Å²) in [7, 11) is -0.454. The molecule has 0 amide bonds. The van der Waals surface area contributed by atoms with Crippen LogP contribution < -0.4 is 10.2 Å². The lowest BCUT2D eigenvalue weighted by Gasteiger charge is -2.34. The van der Waals surface area contributed by atoms with E-state index < -0.39 is 26.6 Å². The van der Waals surface area contributed by atoms with E-state index in [2.05, 4.69) is 32.4 Å². The van der Waals surface area contributed by atoms with Gasteiger partial charge in [-0.25, -0.2) is 17.2 Å². The number of hydrogen-bond donors (Lipinski definition) is 2. The number of ketones is 1. The molecule has 13 heteroatoms. The molecule has 5 rings (SSSR count). The van der Waals surface area contributed by atoms with Crippen molar-refractivity contribution in [3.63, 3.8) is 0 Å². The molecule has 0 aliphatic carbocycles. The number of carbonyl (C=O) groups excluding carboxylic acids is 1. The number of aromatic nitrogens is 2. The van der Waals surface area contributed by atoms with Crippen LogP contribution in [0.15, 0.2) is 41.3 Å². The summed E-state index contributed by atoms with van der Waals surface area (Å²) in [6.45, 7) is 4.74. The highest BCUT2D eigenvalue weighted by molar-refractivity contribution is 7.89. The maximum atomic E-state index is 13.8. The quantitative estimate of drug-likeness (QED) is 0.275. The number of hydrogen-bond acceptors (Lipinski definition) is 8. The Morgan fingerprint density at radius 2 is 1.80 bits per heavy atom. The van der Waals surface area contributed by atoms with Gasteiger partial charge in [-0.15, -0.1) is 0 Å². The van der Waals surface area contributed by atoms with E-state index in [9.17, 15) is 22.0 Å². The molecule has 0 unspecified atom stereocenters. The second-order valence-corrected chi connectivity index (χ2v) is 12.3. The van der Waals surface area contributed by atoms with Crippen molar-refractivity contribution in [1.29, 1.82) is 0 Å². The molecule has 1 aromatic heterocycles. The molecule has 10 nitrogen and oxygen atoms in total. The normalized spacial score (nSPS) is 16.5. The number of methoxy groups -OCH3 is 1. The van der Waals surface area contributed by atoms with Crippen molar-refractivity contribution >= 4 is 27.2 Å². The number of benzene rings is 2. The van der Waals surface area contributed by atoms with Gasteiger partial charge in [0.15, 0.2) is 5.78 Å². The topological polar surface area (TPSA) is 111 Å². The van der Waals surface area contributed by atoms with Crippen LogP contribution in [0.1, 0.15) is 27.3 Å². The third kappa shape index (κ3) is 6.43. The third-order valence-electron chi connectivity index (χ3n) is 7.58. The number of anilines is 2. The van der Waals surface area contributed by atoms with Gasteiger partial charge in [0, 0.05) is 93.6 Å². The van der Waals surface area contributed by atoms with E-state index in [1.165, 1.54) is 0 Å². The number of ether oxygens (including phenoxy) is 1. The molecule has 3 heterocycles. The van der Waals surface area contributed by atoms with E-state index >= 15 is 0 Å². The van der Waals surface area contributed by atoms with Crippen LogP contribution in [0.3, 0.4) is 0 Å². The summed E-state index contributed by atoms with van der Waals surface area (Å²) < 4.78 is 60.3. The Balaban J connectivity index is 1.36. The van der Waals surface area contributed by atoms with Gasteiger partial charge in [-0.3, -0.25) is 9.89 Å². The Morgan fingerprint density at radius 1 is 1.07 bits per heavy atom. The monoisotopic (exact) mass is 588 g/mol. The first-order chi connectivity index (χ1) is 19.7. The number of aromatic amines is 1. The molecule has 0 spiro atoms. The first-order valence-corrected chi connectivity index (χ1v) is 14.9. The van der Waals surface area contributed by atoms with E-state index in [1.54, 1.807) is 7.11 Å². The van der Waals surface area contributed by atoms with Gasteiger partial charge in [0.25, 0.3) is 0 Å². The van der Waals surface area contributed by atoms with Crippen LogP contribution in [0, 0.1) is 11.6 Å². The highest BCUT2D eigenvalue weighted by atomic mass is 32.2. The molecule has 1 fully saturated rings. The van der Waals surface area contributed by atoms with Gasteiger partial charge in [-0.05, 0) is 37.4 Å². The number of piperazine rings is 1. The predicted molar refractivity (Wildman–Crippen MR) is 151 cm³/mol. The summed E-state index contributed by atoms with van der Waals surface area (Å²) in [4.78, 5) is 17.7. The lowest BCUT2D eigenvalue weighted by Crippen LogP contribution is -2.44. The van der Waals surface area contributed by atoms with Gasteiger partial charge in [0.2, 0.25) is 10.0 Å². The number of H-pyrrole nitrogens is 1. The van der Waals surface area contributed by atoms with Crippen molar-refractivity contribution in [2.24, 2.45) is 0 Å². The van der Waals surface area contributed by atoms with E-state index in [1.807, 2.05) is 18.2 Å². The van der Waals surface area contributed by atoms with Gasteiger partial charge in [-0.1, -0.05) is 0 Å². The average molecular weight is 589 g/mol. The van der Waals surface area contributed by atoms with Crippen LogP contribution in [0.2, 0.25) is 0 Å². The third-order valence-corrected chi connectivity index (χ3v) is 9.40. The number of likely N-dealkylation sites (N-methyl/N-ethyl adjacent to an activating group) is 1. The van der Waals surface area contributed by atoms with Crippen LogP contribution >= 0.6 is 0 Å². The summed E-state index contributed by atoms with van der Waals surface area (Å²) in [6, 6.07) is 7.99. The molecule has 3 aromatic rings. The maximum Gasteiger partial charge on any atom is 0.243 e. The van der Waals surface area contributed by atoms with Crippen molar-refractivity contribution < 1.29 is 26.7 Å². The Labute approximate surface area is 238 Å². The van der Waals surface area contributed by atoms with E-state index in [0.717, 1.165) is 54.0 Å². The first-order valence-electron chi connectivity index (χ1n) is 13.5. The summed E-state index contributed by atoms with van der Waals surface area (Å²) in [5.74, 6) is -2.11. The fourth-order valence-corrected chi connectivity index (χ4v) is 6.68. The minimum Gasteiger partial charge on any atom is -0.383 e. The van der Waals surface area contributed by atoms with Crippen molar-refractivity contribution in [3.05, 3.63) is 70.5 Å². The van der Waals surface area contributed by atoms with Crippen molar-refractivity contribution in [1.82, 2.24) is 19.4 Å². The van der Waals surface area contributed by atoms with Crippen LogP contribution in [-0.4, -0.2) is 93.6 Å². The zero-order chi connectivity index (χ0) is 29.1. The van der Waals surface area contributed by atoms with Gasteiger partial charge in [-0.2, -0.15) is 9.40 Å². The van der Waals surface area contributed by atoms with Gasteiger partial charge in [0.1, 0.15) is 11.6 Å². The summed E-state index contributed by atoms with van der Waals surface area (Å²) in [5.41, 5.74) is 4.03. The molecule has 0 radical (unpaired) electrons. The summed E-state index contributed by atoms with van der Waals surface area (Å²) >= 11 is 0. The smallest absolute Gasteiger partial charge is 0.243 e. The Bertz CT molecular complexity index is 1500. The molecule has 2 aliphatic heterocycles. The maximum absolute atomic E-state index is 13.8. The SMILES string of the molecule is COCCNc1cc(N2CCN(C)CC2)ccc1C(=O)Cc1n[nH]c2c1CN(S(=O)(=O)c1cc(F)cc(F)c1)CC2. The van der Waals surface area contributed by atoms with E-state index in [4.69, 9.17) is 4.74 Å². The Kier molecular flexibility index (Phi) is 8.68. The summed E-state index contributed by atoms with van der Waals surface area (Å²) in [5, 5.41) is 10.6. The Morgan fingerprint density at radius 3 is 2.51 bits per heavy atom. The highest BCUT2D eigenvalue weighted by Crippen LogP contribution is 2.29. The minimum atomic E-state index is -4.17. The van der Waals surface area contributed by atoms with Crippen LogP contribution in [0.4, 0.5) is 20.2 Å². The molecule has 2 aliphatic rings. The molecule has 2 N–H and O–H groups in total. The molecule has 0 bridgehead atoms. The number of nitrogens with one attached hydrogen (secondary N) is 2. The minimum absolute atomic E-state index is 0.0405. The molecule has 41 heavy (non-hydrogen) atoms. The number of Topliss-reactive ketones (excluding diaryl/α,β-unsaturated/α-hetero) is 1. The predicted octanol–water partition coefficient (Wildman–Crippen LogP) is 2.67. The van der Waals surface area contributed by atoms with Crippen LogP contribution in [0.5, 0.6) is 0 Å². The largest absolute Gasteiger partial charge is 0.383 e. The number of rotatable bonds is 10. The number of carbonyl (C=O) groups is 1. The van der Waals surface area contributed by atoms with Gasteiger partial charge >= 0.3 is 0 Å². The standard InChI is InChI=1S/C28H34F2N6O4S/c1-34-8-10-35(11-9-34)21-3-4-23(26(16-21)31-6-12-40-2)28(37)17-27-24-18-36(7-5-25(24)32-33-27)41(38,39)22-14-19(29)13-20(30)15-22/h3-4,13-16,31H,5-12,17-18H2,1-2H3,(H,32,33). The molecule has 1 saturated heterocycles. The molecule has 0 saturated carbocycles. The van der Waals surface area contributed by atoms with E-state index in [0.29, 0.717) is 48.1 Å². The lowest BCUT2D eigenvalue weighted by atomic mass is 9.99. The second kappa shape index (κ2) is 12.2. The Hall–Kier alpha value is -3.39. The van der Waals surface area contributed by atoms with Crippen LogP contribution in [0.25, 0.3) is 0 Å². The fraction of sp³-hybridized carbons (Fsp3) is 0.429. The number of fused-ring (bicyclic) bond motifs is 1. The van der Waals surface area contributed by atoms with Crippen molar-refractivity contribution in [2.45, 2.75) is 24.3 Å². The molecular weight excluding hydrogens is 554 g/mol. The number of nitrogens with zero attached hydrogens (tertiary/aromatic N) is 4. The molecule has 220 valence electrons. The van der Waals surface area contributed by atoms with Crippen LogP contribution in [-0.2, 0) is 34.1 Å². The molecule has 2 aromatic carbocycles. The first kappa shape index (κ1) is 29.1. The van der Waals surface area contributed by atoms with Gasteiger partial charge in [0.05, 0.1) is 23.6 Å². The lowest BCUT2D eigenvalue weighted by molar-refractivity contribution is 0.0992. The zero-order valence-electron chi connectivity index (χ0n) is 23.1. The molecule has 0 atom stereocenters. The second-order valence-electron chi connectivity index (χ2n) is 10.4. The fourth-order valence-electron chi connectivity index (χ4n) is 5.23. The zero-order valence-corrected chi connectivity index (χ0v) is 23.9. The summed E-state index contributed by atoms with van der Waals surface area (Å²) in [6.07, 6.45) is 0.290. The average Bonchev–Trinajstić information content (AvgIpc) is 3.35. The van der Waals surface area contributed by atoms with E-state index in [-0.39, 0.29) is 25.3 Å². The molecular formula is C28H34F2N6O4S. The number of sulfonamides is 1.